The van der Waals surface area contributed by atoms with Crippen molar-refractivity contribution in [2.24, 2.45) is 0 Å². The van der Waals surface area contributed by atoms with Gasteiger partial charge in [0, 0.05) is 32.2 Å². The summed E-state index contributed by atoms with van der Waals surface area (Å²) in [5, 5.41) is 5.82. The third-order valence-corrected chi connectivity index (χ3v) is 7.72. The highest BCUT2D eigenvalue weighted by Crippen LogP contribution is 2.30. The summed E-state index contributed by atoms with van der Waals surface area (Å²) in [5.41, 5.74) is 0.374. The van der Waals surface area contributed by atoms with Crippen LogP contribution in [-0.4, -0.2) is 69.0 Å². The number of sulfonamides is 1. The fourth-order valence-corrected chi connectivity index (χ4v) is 5.58. The normalized spacial score (nSPS) is 19.4. The van der Waals surface area contributed by atoms with E-state index < -0.39 is 10.0 Å². The number of likely N-dealkylation sites (tertiary alicyclic amines) is 1. The second-order valence-corrected chi connectivity index (χ2v) is 9.80. The molecule has 0 radical (unpaired) electrons. The van der Waals surface area contributed by atoms with Gasteiger partial charge < -0.3 is 20.3 Å². The van der Waals surface area contributed by atoms with Crippen molar-refractivity contribution < 1.29 is 17.9 Å². The third kappa shape index (κ3) is 5.65. The lowest BCUT2D eigenvalue weighted by molar-refractivity contribution is 0.203. The molecule has 2 heterocycles. The lowest BCUT2D eigenvalue weighted by Crippen LogP contribution is -2.45. The zero-order valence-corrected chi connectivity index (χ0v) is 18.8. The molecule has 2 saturated heterocycles. The Morgan fingerprint density at radius 3 is 2.43 bits per heavy atom. The van der Waals surface area contributed by atoms with E-state index in [4.69, 9.17) is 4.74 Å². The minimum Gasteiger partial charge on any atom is -0.492 e. The molecule has 9 heteroatoms. The van der Waals surface area contributed by atoms with Crippen LogP contribution in [0.1, 0.15) is 46.0 Å². The molecule has 2 amide bonds. The molecule has 0 unspecified atom stereocenters. The molecule has 0 atom stereocenters. The number of urea groups is 1. The second-order valence-electron chi connectivity index (χ2n) is 7.86. The van der Waals surface area contributed by atoms with Crippen LogP contribution in [-0.2, 0) is 10.0 Å². The van der Waals surface area contributed by atoms with Gasteiger partial charge in [-0.15, -0.1) is 0 Å². The van der Waals surface area contributed by atoms with Gasteiger partial charge in [0.25, 0.3) is 0 Å². The van der Waals surface area contributed by atoms with E-state index in [2.05, 4.69) is 22.5 Å². The molecule has 8 nitrogen and oxygen atoms in total. The molecule has 0 aromatic heterocycles. The Kier molecular flexibility index (Phi) is 7.96. The Morgan fingerprint density at radius 1 is 1.10 bits per heavy atom. The first-order chi connectivity index (χ1) is 14.4. The smallest absolute Gasteiger partial charge is 0.319 e. The molecule has 0 spiro atoms. The molecule has 2 aliphatic rings. The summed E-state index contributed by atoms with van der Waals surface area (Å²) in [4.78, 5) is 15.1. The lowest BCUT2D eigenvalue weighted by atomic mass is 10.1. The highest BCUT2D eigenvalue weighted by atomic mass is 32.2. The van der Waals surface area contributed by atoms with E-state index >= 15 is 0 Å². The Labute approximate surface area is 180 Å². The molecule has 2 fully saturated rings. The van der Waals surface area contributed by atoms with Gasteiger partial charge in [0.05, 0.1) is 17.2 Å². The Bertz CT molecular complexity index is 816. The van der Waals surface area contributed by atoms with Crippen molar-refractivity contribution in [2.75, 3.05) is 44.6 Å². The number of carbonyl (C=O) groups is 1. The number of hydrogen-bond acceptors (Lipinski definition) is 5. The van der Waals surface area contributed by atoms with Crippen molar-refractivity contribution in [3.8, 4) is 5.75 Å². The molecule has 0 aliphatic carbocycles. The van der Waals surface area contributed by atoms with Gasteiger partial charge in [0.15, 0.2) is 0 Å². The number of amides is 2. The number of anilines is 1. The minimum atomic E-state index is -3.59. The summed E-state index contributed by atoms with van der Waals surface area (Å²) >= 11 is 0. The molecule has 1 aromatic rings. The number of piperidine rings is 2. The Hall–Kier alpha value is -1.84. The lowest BCUT2D eigenvalue weighted by Gasteiger charge is -2.31. The van der Waals surface area contributed by atoms with Crippen LogP contribution in [0, 0.1) is 0 Å². The van der Waals surface area contributed by atoms with Crippen molar-refractivity contribution >= 4 is 21.7 Å². The second kappa shape index (κ2) is 10.5. The van der Waals surface area contributed by atoms with Gasteiger partial charge in [-0.05, 0) is 57.4 Å². The zero-order valence-electron chi connectivity index (χ0n) is 18.0. The Balaban J connectivity index is 1.72. The summed E-state index contributed by atoms with van der Waals surface area (Å²) in [7, 11) is -3.59. The van der Waals surface area contributed by atoms with Crippen molar-refractivity contribution in [3.05, 3.63) is 18.2 Å². The van der Waals surface area contributed by atoms with E-state index in [1.165, 1.54) is 10.4 Å². The molecule has 30 heavy (non-hydrogen) atoms. The van der Waals surface area contributed by atoms with Gasteiger partial charge >= 0.3 is 6.03 Å². The van der Waals surface area contributed by atoms with Gasteiger partial charge in [-0.2, -0.15) is 4.31 Å². The molecular weight excluding hydrogens is 404 g/mol. The van der Waals surface area contributed by atoms with Crippen LogP contribution in [0.3, 0.4) is 0 Å². The van der Waals surface area contributed by atoms with Crippen LogP contribution >= 0.6 is 0 Å². The number of ether oxygens (including phenoxy) is 1. The molecule has 2 aliphatic heterocycles. The minimum absolute atomic E-state index is 0.114. The van der Waals surface area contributed by atoms with Gasteiger partial charge in [-0.1, -0.05) is 13.3 Å². The third-order valence-electron chi connectivity index (χ3n) is 5.82. The number of nitrogens with zero attached hydrogens (tertiary/aromatic N) is 2. The summed E-state index contributed by atoms with van der Waals surface area (Å²) in [6, 6.07) is 4.46. The van der Waals surface area contributed by atoms with Gasteiger partial charge in [0.2, 0.25) is 10.0 Å². The summed E-state index contributed by atoms with van der Waals surface area (Å²) in [5.74, 6) is 0.464. The molecule has 168 valence electrons. The highest BCUT2D eigenvalue weighted by Gasteiger charge is 2.27. The monoisotopic (exact) mass is 438 g/mol. The first-order valence-corrected chi connectivity index (χ1v) is 12.4. The van der Waals surface area contributed by atoms with Crippen molar-refractivity contribution in [1.82, 2.24) is 14.5 Å². The van der Waals surface area contributed by atoms with Gasteiger partial charge in [-0.3, -0.25) is 0 Å². The molecular formula is C21H34N4O4S. The fourth-order valence-electron chi connectivity index (χ4n) is 4.04. The van der Waals surface area contributed by atoms with Crippen LogP contribution in [0.25, 0.3) is 0 Å². The van der Waals surface area contributed by atoms with Crippen molar-refractivity contribution in [2.45, 2.75) is 56.9 Å². The quantitative estimate of drug-likeness (QED) is 0.683. The SMILES string of the molecule is CCOc1ccc(S(=O)(=O)N2CCCCC2)cc1NC(=O)NC1CCN(CC)CC1. The molecule has 1 aromatic carbocycles. The van der Waals surface area contributed by atoms with Crippen LogP contribution in [0.4, 0.5) is 10.5 Å². The summed E-state index contributed by atoms with van der Waals surface area (Å²) in [6.07, 6.45) is 4.62. The van der Waals surface area contributed by atoms with E-state index in [9.17, 15) is 13.2 Å². The van der Waals surface area contributed by atoms with Gasteiger partial charge in [-0.25, -0.2) is 13.2 Å². The van der Waals surface area contributed by atoms with Crippen molar-refractivity contribution in [3.63, 3.8) is 0 Å². The van der Waals surface area contributed by atoms with E-state index in [-0.39, 0.29) is 17.0 Å². The molecule has 0 saturated carbocycles. The number of hydrogen-bond donors (Lipinski definition) is 2. The summed E-state index contributed by atoms with van der Waals surface area (Å²) in [6.45, 7) is 8.44. The molecule has 2 N–H and O–H groups in total. The predicted octanol–water partition coefficient (Wildman–Crippen LogP) is 2.87. The van der Waals surface area contributed by atoms with E-state index in [1.54, 1.807) is 12.1 Å². The van der Waals surface area contributed by atoms with E-state index in [0.717, 1.165) is 51.7 Å². The zero-order chi connectivity index (χ0) is 21.6. The summed E-state index contributed by atoms with van der Waals surface area (Å²) < 4.78 is 33.2. The standard InChI is InChI=1S/C21H34N4O4S/c1-3-24-14-10-17(11-15-24)22-21(26)23-19-16-18(8-9-20(19)29-4-2)30(27,28)25-12-6-5-7-13-25/h8-9,16-17H,3-7,10-15H2,1-2H3,(H2,22,23,26). The van der Waals surface area contributed by atoms with Crippen LogP contribution in [0.2, 0.25) is 0 Å². The maximum absolute atomic E-state index is 13.0. The van der Waals surface area contributed by atoms with Crippen LogP contribution < -0.4 is 15.4 Å². The van der Waals surface area contributed by atoms with E-state index in [1.807, 2.05) is 6.92 Å². The van der Waals surface area contributed by atoms with Crippen LogP contribution in [0.5, 0.6) is 5.75 Å². The molecule has 3 rings (SSSR count). The predicted molar refractivity (Wildman–Crippen MR) is 118 cm³/mol. The number of carbonyl (C=O) groups excluding carboxylic acids is 1. The molecule has 0 bridgehead atoms. The first-order valence-electron chi connectivity index (χ1n) is 11.0. The number of nitrogens with one attached hydrogen (secondary N) is 2. The van der Waals surface area contributed by atoms with Crippen molar-refractivity contribution in [1.29, 1.82) is 0 Å². The van der Waals surface area contributed by atoms with E-state index in [0.29, 0.717) is 31.1 Å². The highest BCUT2D eigenvalue weighted by molar-refractivity contribution is 7.89. The largest absolute Gasteiger partial charge is 0.492 e. The topological polar surface area (TPSA) is 91.0 Å². The average Bonchev–Trinajstić information content (AvgIpc) is 2.76. The number of benzene rings is 1. The van der Waals surface area contributed by atoms with Crippen LogP contribution in [0.15, 0.2) is 23.1 Å². The maximum Gasteiger partial charge on any atom is 0.319 e. The Morgan fingerprint density at radius 2 is 1.80 bits per heavy atom. The maximum atomic E-state index is 13.0. The average molecular weight is 439 g/mol. The number of rotatable bonds is 7. The first kappa shape index (κ1) is 22.8. The fraction of sp³-hybridized carbons (Fsp3) is 0.667. The van der Waals surface area contributed by atoms with Gasteiger partial charge in [0.1, 0.15) is 5.75 Å².